The highest BCUT2D eigenvalue weighted by molar-refractivity contribution is 8.14. The third kappa shape index (κ3) is 4.95. The normalized spacial score (nSPS) is 24.3. The molecule has 5 nitrogen and oxygen atoms in total. The van der Waals surface area contributed by atoms with E-state index in [-0.39, 0.29) is 18.0 Å². The van der Waals surface area contributed by atoms with E-state index in [1.807, 2.05) is 7.05 Å². The fourth-order valence-corrected chi connectivity index (χ4v) is 3.33. The topological polar surface area (TPSA) is 75.6 Å². The maximum absolute atomic E-state index is 11.6. The zero-order valence-electron chi connectivity index (χ0n) is 9.98. The number of nitroso groups, excluding NO2 is 1. The number of hydrogen-bond acceptors (Lipinski definition) is 5. The molecule has 1 aliphatic rings. The van der Waals surface area contributed by atoms with Gasteiger partial charge in [0, 0.05) is 29.3 Å². The van der Waals surface area contributed by atoms with Crippen LogP contribution < -0.4 is 5.32 Å². The molecule has 0 aromatic rings. The predicted octanol–water partition coefficient (Wildman–Crippen LogP) is 1.85. The molecule has 0 saturated heterocycles. The zero-order chi connectivity index (χ0) is 12.7. The van der Waals surface area contributed by atoms with Crippen molar-refractivity contribution in [1.82, 2.24) is 5.32 Å². The molecule has 0 aliphatic heterocycles. The van der Waals surface area contributed by atoms with Crippen LogP contribution in [0.5, 0.6) is 0 Å². The molecule has 2 unspecified atom stereocenters. The highest BCUT2D eigenvalue weighted by Gasteiger charge is 2.26. The maximum Gasteiger partial charge on any atom is 0.286 e. The Morgan fingerprint density at radius 3 is 2.65 bits per heavy atom. The van der Waals surface area contributed by atoms with Gasteiger partial charge in [-0.25, -0.2) is 0 Å². The van der Waals surface area contributed by atoms with Crippen molar-refractivity contribution in [3.63, 3.8) is 0 Å². The Kier molecular flexibility index (Phi) is 6.36. The lowest BCUT2D eigenvalue weighted by Crippen LogP contribution is -2.38. The molecule has 0 bridgehead atoms. The Hall–Kier alpha value is -0.750. The molecule has 96 valence electrons. The second-order valence-electron chi connectivity index (χ2n) is 4.19. The number of nitrogens with one attached hydrogen (secondary N) is 1. The van der Waals surface area contributed by atoms with E-state index in [9.17, 15) is 14.5 Å². The quantitative estimate of drug-likeness (QED) is 0.762. The van der Waals surface area contributed by atoms with Gasteiger partial charge in [0.25, 0.3) is 5.91 Å². The van der Waals surface area contributed by atoms with E-state index in [0.29, 0.717) is 11.3 Å². The van der Waals surface area contributed by atoms with Crippen LogP contribution in [0.25, 0.3) is 0 Å². The van der Waals surface area contributed by atoms with Gasteiger partial charge in [0.1, 0.15) is 0 Å². The lowest BCUT2D eigenvalue weighted by atomic mass is 9.95. The molecule has 0 spiro atoms. The minimum absolute atomic E-state index is 0.0193. The Morgan fingerprint density at radius 2 is 2.00 bits per heavy atom. The van der Waals surface area contributed by atoms with Crippen molar-refractivity contribution in [1.29, 1.82) is 0 Å². The first kappa shape index (κ1) is 14.3. The van der Waals surface area contributed by atoms with Gasteiger partial charge in [-0.15, -0.1) is 4.91 Å². The van der Waals surface area contributed by atoms with Crippen LogP contribution in [0.15, 0.2) is 5.18 Å². The molecular formula is C11H18N2O3S. The van der Waals surface area contributed by atoms with Crippen LogP contribution in [-0.4, -0.2) is 29.4 Å². The van der Waals surface area contributed by atoms with Crippen molar-refractivity contribution >= 4 is 22.8 Å². The van der Waals surface area contributed by atoms with Crippen molar-refractivity contribution in [2.45, 2.75) is 49.8 Å². The van der Waals surface area contributed by atoms with Crippen LogP contribution in [0.4, 0.5) is 0 Å². The van der Waals surface area contributed by atoms with Crippen molar-refractivity contribution in [2.24, 2.45) is 5.18 Å². The summed E-state index contributed by atoms with van der Waals surface area (Å²) in [4.78, 5) is 32.2. The average Bonchev–Trinajstić information content (AvgIpc) is 2.36. The maximum atomic E-state index is 11.6. The molecule has 0 radical (unpaired) electrons. The van der Waals surface area contributed by atoms with Crippen molar-refractivity contribution < 1.29 is 9.59 Å². The van der Waals surface area contributed by atoms with Crippen LogP contribution in [0.1, 0.15) is 38.5 Å². The van der Waals surface area contributed by atoms with E-state index in [2.05, 4.69) is 10.5 Å². The van der Waals surface area contributed by atoms with E-state index < -0.39 is 5.91 Å². The molecule has 1 fully saturated rings. The highest BCUT2D eigenvalue weighted by atomic mass is 32.2. The highest BCUT2D eigenvalue weighted by Crippen LogP contribution is 2.29. The van der Waals surface area contributed by atoms with E-state index in [1.54, 1.807) is 0 Å². The second-order valence-corrected chi connectivity index (χ2v) is 5.49. The van der Waals surface area contributed by atoms with Crippen LogP contribution in [0.2, 0.25) is 0 Å². The molecule has 0 heterocycles. The average molecular weight is 258 g/mol. The van der Waals surface area contributed by atoms with E-state index in [1.165, 1.54) is 18.2 Å². The zero-order valence-corrected chi connectivity index (χ0v) is 10.8. The van der Waals surface area contributed by atoms with Crippen molar-refractivity contribution in [3.05, 3.63) is 4.91 Å². The molecule has 6 heteroatoms. The standard InChI is InChI=1S/C11H18N2O3S/c1-12-8-4-2-3-5-9(8)17-11(15)7-6-10(14)13-16/h8-9,12H,2-7H2,1H3. The monoisotopic (exact) mass is 258 g/mol. The summed E-state index contributed by atoms with van der Waals surface area (Å²) in [6.45, 7) is 0. The molecule has 1 N–H and O–H groups in total. The minimum atomic E-state index is -0.743. The predicted molar refractivity (Wildman–Crippen MR) is 67.7 cm³/mol. The fraction of sp³-hybridized carbons (Fsp3) is 0.818. The van der Waals surface area contributed by atoms with Crippen LogP contribution in [-0.2, 0) is 9.59 Å². The van der Waals surface area contributed by atoms with Crippen LogP contribution >= 0.6 is 11.8 Å². The van der Waals surface area contributed by atoms with Gasteiger partial charge in [-0.2, -0.15) is 0 Å². The first-order valence-electron chi connectivity index (χ1n) is 5.90. The van der Waals surface area contributed by atoms with Gasteiger partial charge in [-0.3, -0.25) is 9.59 Å². The summed E-state index contributed by atoms with van der Waals surface area (Å²) in [5.41, 5.74) is 0. The molecule has 2 atom stereocenters. The van der Waals surface area contributed by atoms with Gasteiger partial charge >= 0.3 is 0 Å². The molecule has 0 aromatic carbocycles. The summed E-state index contributed by atoms with van der Waals surface area (Å²) in [6, 6.07) is 0.373. The van der Waals surface area contributed by atoms with Gasteiger partial charge in [-0.05, 0) is 19.9 Å². The van der Waals surface area contributed by atoms with Gasteiger partial charge < -0.3 is 5.32 Å². The smallest absolute Gasteiger partial charge is 0.286 e. The van der Waals surface area contributed by atoms with Gasteiger partial charge in [0.2, 0.25) is 0 Å². The summed E-state index contributed by atoms with van der Waals surface area (Å²) in [5, 5.41) is 5.78. The number of hydrogen-bond donors (Lipinski definition) is 1. The third-order valence-electron chi connectivity index (χ3n) is 3.00. The number of carbonyl (C=O) groups excluding carboxylic acids is 2. The Bertz CT molecular complexity index is 296. The molecule has 1 saturated carbocycles. The SMILES string of the molecule is CNC1CCCCC1SC(=O)CCC(=O)N=O. The minimum Gasteiger partial charge on any atom is -0.316 e. The van der Waals surface area contributed by atoms with E-state index in [4.69, 9.17) is 0 Å². The molecule has 1 aliphatic carbocycles. The lowest BCUT2D eigenvalue weighted by Gasteiger charge is -2.30. The number of rotatable bonds is 5. The molecule has 0 aromatic heterocycles. The van der Waals surface area contributed by atoms with Crippen LogP contribution in [0, 0.1) is 4.91 Å². The largest absolute Gasteiger partial charge is 0.316 e. The van der Waals surface area contributed by atoms with Crippen LogP contribution in [0.3, 0.4) is 0 Å². The first-order valence-corrected chi connectivity index (χ1v) is 6.78. The van der Waals surface area contributed by atoms with Crippen molar-refractivity contribution in [3.8, 4) is 0 Å². The molecule has 1 amide bonds. The fourth-order valence-electron chi connectivity index (χ4n) is 2.05. The summed E-state index contributed by atoms with van der Waals surface area (Å²) in [7, 11) is 1.91. The lowest BCUT2D eigenvalue weighted by molar-refractivity contribution is -0.120. The Labute approximate surface area is 105 Å². The Morgan fingerprint density at radius 1 is 1.29 bits per heavy atom. The number of nitrogens with zero attached hydrogens (tertiary/aromatic N) is 1. The van der Waals surface area contributed by atoms with Gasteiger partial charge in [-0.1, -0.05) is 24.6 Å². The van der Waals surface area contributed by atoms with Gasteiger partial charge in [0.05, 0.1) is 0 Å². The summed E-state index contributed by atoms with van der Waals surface area (Å²) in [5.74, 6) is -0.743. The molecular weight excluding hydrogens is 240 g/mol. The first-order chi connectivity index (χ1) is 8.17. The summed E-state index contributed by atoms with van der Waals surface area (Å²) >= 11 is 1.31. The number of carbonyl (C=O) groups is 2. The third-order valence-corrected chi connectivity index (χ3v) is 4.33. The number of thioether (sulfide) groups is 1. The van der Waals surface area contributed by atoms with Gasteiger partial charge in [0.15, 0.2) is 5.12 Å². The van der Waals surface area contributed by atoms with E-state index >= 15 is 0 Å². The van der Waals surface area contributed by atoms with Crippen molar-refractivity contribution in [2.75, 3.05) is 7.05 Å². The molecule has 1 rings (SSSR count). The number of amides is 1. The van der Waals surface area contributed by atoms with E-state index in [0.717, 1.165) is 19.3 Å². The summed E-state index contributed by atoms with van der Waals surface area (Å²) < 4.78 is 0. The molecule has 17 heavy (non-hydrogen) atoms. The summed E-state index contributed by atoms with van der Waals surface area (Å²) in [6.07, 6.45) is 4.52. The second kappa shape index (κ2) is 7.55. The Balaban J connectivity index is 2.33.